The number of aromatic nitrogens is 1. The molecule has 0 unspecified atom stereocenters. The maximum Gasteiger partial charge on any atom is 0.279 e. The quantitative estimate of drug-likeness (QED) is 0.119. The molecule has 5 nitrogen and oxygen atoms in total. The highest BCUT2D eigenvalue weighted by molar-refractivity contribution is 8.00. The number of hydrazine groups is 1. The molecule has 0 atom stereocenters. The molecule has 39 heavy (non-hydrogen) atoms. The topological polar surface area (TPSA) is 71.1 Å². The lowest BCUT2D eigenvalue weighted by molar-refractivity contribution is -0.122. The number of carbonyl (C=O) groups excluding carboxylic acids is 2. The third kappa shape index (κ3) is 5.68. The molecule has 0 aliphatic rings. The Morgan fingerprint density at radius 2 is 1.38 bits per heavy atom. The van der Waals surface area contributed by atoms with Gasteiger partial charge in [0.1, 0.15) is 5.01 Å². The molecule has 3 aromatic carbocycles. The molecule has 8 heteroatoms. The van der Waals surface area contributed by atoms with Gasteiger partial charge in [-0.15, -0.1) is 34.4 Å². The maximum atomic E-state index is 13.5. The Labute approximate surface area is 240 Å². The molecule has 0 spiro atoms. The molecule has 2 aromatic heterocycles. The molecular weight excluding hydrogens is 543 g/mol. The summed E-state index contributed by atoms with van der Waals surface area (Å²) >= 11 is 4.53. The Bertz CT molecular complexity index is 1470. The van der Waals surface area contributed by atoms with Crippen molar-refractivity contribution in [3.63, 3.8) is 0 Å². The van der Waals surface area contributed by atoms with Crippen LogP contribution in [0.4, 0.5) is 0 Å². The monoisotopic (exact) mass is 569 g/mol. The van der Waals surface area contributed by atoms with Gasteiger partial charge in [-0.3, -0.25) is 20.4 Å². The lowest BCUT2D eigenvalue weighted by Gasteiger charge is -2.35. The molecule has 0 saturated heterocycles. The van der Waals surface area contributed by atoms with E-state index < -0.39 is 5.41 Å². The first-order valence-corrected chi connectivity index (χ1v) is 15.3. The second-order valence-electron chi connectivity index (χ2n) is 8.99. The van der Waals surface area contributed by atoms with Gasteiger partial charge in [-0.05, 0) is 35.9 Å². The molecule has 5 aromatic rings. The number of carbonyl (C=O) groups is 2. The highest BCUT2D eigenvalue weighted by Gasteiger charge is 2.38. The minimum atomic E-state index is -0.747. The van der Waals surface area contributed by atoms with Crippen molar-refractivity contribution in [1.29, 1.82) is 0 Å². The van der Waals surface area contributed by atoms with Crippen LogP contribution in [-0.4, -0.2) is 23.1 Å². The van der Waals surface area contributed by atoms with Gasteiger partial charge >= 0.3 is 0 Å². The minimum absolute atomic E-state index is 0.107. The number of hydrogen-bond donors (Lipinski definition) is 2. The average Bonchev–Trinajstić information content (AvgIpc) is 3.62. The van der Waals surface area contributed by atoms with E-state index in [2.05, 4.69) is 15.8 Å². The van der Waals surface area contributed by atoms with Gasteiger partial charge in [0.05, 0.1) is 14.5 Å². The van der Waals surface area contributed by atoms with Gasteiger partial charge in [-0.2, -0.15) is 0 Å². The summed E-state index contributed by atoms with van der Waals surface area (Å²) in [4.78, 5) is 31.7. The van der Waals surface area contributed by atoms with E-state index in [1.54, 1.807) is 23.1 Å². The lowest BCUT2D eigenvalue weighted by atomic mass is 9.67. The summed E-state index contributed by atoms with van der Waals surface area (Å²) in [5, 5.41) is 2.88. The third-order valence-corrected chi connectivity index (χ3v) is 9.76. The van der Waals surface area contributed by atoms with Gasteiger partial charge in [0.25, 0.3) is 5.91 Å². The molecule has 0 radical (unpaired) electrons. The van der Waals surface area contributed by atoms with E-state index in [1.165, 1.54) is 11.3 Å². The molecule has 0 fully saturated rings. The van der Waals surface area contributed by atoms with Crippen LogP contribution >= 0.6 is 34.4 Å². The van der Waals surface area contributed by atoms with Crippen LogP contribution < -0.4 is 10.9 Å². The van der Waals surface area contributed by atoms with E-state index >= 15 is 0 Å². The van der Waals surface area contributed by atoms with Crippen LogP contribution in [0.5, 0.6) is 0 Å². The Morgan fingerprint density at radius 1 is 0.846 bits per heavy atom. The molecule has 2 N–H and O–H groups in total. The van der Waals surface area contributed by atoms with Crippen molar-refractivity contribution in [3.05, 3.63) is 130 Å². The van der Waals surface area contributed by atoms with Crippen molar-refractivity contribution in [2.75, 3.05) is 6.26 Å². The first kappa shape index (κ1) is 26.9. The second-order valence-corrected chi connectivity index (χ2v) is 12.0. The fraction of sp³-hybridized carbons (Fsp3) is 0.129. The summed E-state index contributed by atoms with van der Waals surface area (Å²) in [6, 6.07) is 31.9. The van der Waals surface area contributed by atoms with Crippen molar-refractivity contribution in [2.24, 2.45) is 0 Å². The summed E-state index contributed by atoms with van der Waals surface area (Å²) in [6.45, 7) is 1.95. The molecular formula is C31H27N3O2S3. The second kappa shape index (κ2) is 12.0. The van der Waals surface area contributed by atoms with Gasteiger partial charge in [0, 0.05) is 23.1 Å². The average molecular weight is 570 g/mol. The standard InChI is InChI=1S/C31H27N3O2S3/c1-21-20-38-29(32-21)25-18-26(39-30(25)37-2)28(36)34-33-27(35)19-31(22-12-6-3-7-13-22,23-14-8-4-9-15-23)24-16-10-5-11-17-24/h3-18,20H,19H2,1-2H3,(H,33,35)(H,34,36). The fourth-order valence-corrected chi connectivity index (χ4v) is 7.42. The van der Waals surface area contributed by atoms with Crippen molar-refractivity contribution in [2.45, 2.75) is 23.0 Å². The van der Waals surface area contributed by atoms with Crippen LogP contribution in [0, 0.1) is 6.92 Å². The van der Waals surface area contributed by atoms with E-state index in [9.17, 15) is 9.59 Å². The number of hydrogen-bond acceptors (Lipinski definition) is 6. The first-order chi connectivity index (χ1) is 19.0. The van der Waals surface area contributed by atoms with Crippen LogP contribution in [0.15, 0.2) is 107 Å². The van der Waals surface area contributed by atoms with Crippen molar-refractivity contribution < 1.29 is 9.59 Å². The van der Waals surface area contributed by atoms with Crippen LogP contribution in [0.1, 0.15) is 38.5 Å². The Kier molecular flexibility index (Phi) is 8.26. The third-order valence-electron chi connectivity index (χ3n) is 6.50. The van der Waals surface area contributed by atoms with Crippen molar-refractivity contribution in [1.82, 2.24) is 15.8 Å². The van der Waals surface area contributed by atoms with E-state index in [4.69, 9.17) is 0 Å². The van der Waals surface area contributed by atoms with Gasteiger partial charge in [0.2, 0.25) is 5.91 Å². The summed E-state index contributed by atoms with van der Waals surface area (Å²) in [6.07, 6.45) is 2.09. The Morgan fingerprint density at radius 3 is 1.85 bits per heavy atom. The molecule has 0 bridgehead atoms. The Hall–Kier alpha value is -3.72. The number of benzene rings is 3. The van der Waals surface area contributed by atoms with Crippen LogP contribution in [0.3, 0.4) is 0 Å². The summed E-state index contributed by atoms with van der Waals surface area (Å²) in [7, 11) is 0. The number of aryl methyl sites for hydroxylation is 1. The van der Waals surface area contributed by atoms with E-state index in [1.807, 2.05) is 116 Å². The predicted molar refractivity (Wildman–Crippen MR) is 161 cm³/mol. The van der Waals surface area contributed by atoms with Crippen LogP contribution in [0.2, 0.25) is 0 Å². The SMILES string of the molecule is CSc1sc(C(=O)NNC(=O)CC(c2ccccc2)(c2ccccc2)c2ccccc2)cc1-c1nc(C)cs1. The van der Waals surface area contributed by atoms with Crippen molar-refractivity contribution >= 4 is 46.2 Å². The number of thiophene rings is 1. The molecule has 196 valence electrons. The molecule has 0 saturated carbocycles. The normalized spacial score (nSPS) is 11.2. The smallest absolute Gasteiger partial charge is 0.273 e. The van der Waals surface area contributed by atoms with Gasteiger partial charge in [-0.1, -0.05) is 91.0 Å². The van der Waals surface area contributed by atoms with Crippen LogP contribution in [0.25, 0.3) is 10.6 Å². The van der Waals surface area contributed by atoms with E-state index in [0.717, 1.165) is 37.2 Å². The number of thiazole rings is 1. The zero-order chi connectivity index (χ0) is 27.2. The fourth-order valence-electron chi connectivity index (χ4n) is 4.71. The number of nitrogens with one attached hydrogen (secondary N) is 2. The molecule has 2 heterocycles. The molecule has 0 aliphatic heterocycles. The lowest BCUT2D eigenvalue weighted by Crippen LogP contribution is -2.45. The zero-order valence-corrected chi connectivity index (χ0v) is 24.0. The summed E-state index contributed by atoms with van der Waals surface area (Å²) in [5.74, 6) is -0.648. The predicted octanol–water partition coefficient (Wildman–Crippen LogP) is 7.09. The largest absolute Gasteiger partial charge is 0.279 e. The van der Waals surface area contributed by atoms with Gasteiger partial charge in [-0.25, -0.2) is 4.98 Å². The zero-order valence-electron chi connectivity index (χ0n) is 21.5. The van der Waals surface area contributed by atoms with E-state index in [-0.39, 0.29) is 18.2 Å². The highest BCUT2D eigenvalue weighted by Crippen LogP contribution is 2.42. The van der Waals surface area contributed by atoms with Gasteiger partial charge in [0.15, 0.2) is 0 Å². The highest BCUT2D eigenvalue weighted by atomic mass is 32.2. The number of nitrogens with zero attached hydrogens (tertiary/aromatic N) is 1. The number of rotatable bonds is 8. The summed E-state index contributed by atoms with van der Waals surface area (Å²) in [5.41, 5.74) is 9.46. The first-order valence-electron chi connectivity index (χ1n) is 12.4. The molecule has 0 aliphatic carbocycles. The van der Waals surface area contributed by atoms with Crippen molar-refractivity contribution in [3.8, 4) is 10.6 Å². The number of thioether (sulfide) groups is 1. The maximum absolute atomic E-state index is 13.5. The van der Waals surface area contributed by atoms with E-state index in [0.29, 0.717) is 4.88 Å². The van der Waals surface area contributed by atoms with Crippen LogP contribution in [-0.2, 0) is 10.2 Å². The minimum Gasteiger partial charge on any atom is -0.273 e. The molecule has 5 rings (SSSR count). The number of amides is 2. The Balaban J connectivity index is 1.42. The molecule has 2 amide bonds. The van der Waals surface area contributed by atoms with Gasteiger partial charge < -0.3 is 0 Å². The summed E-state index contributed by atoms with van der Waals surface area (Å²) < 4.78 is 1.01.